The number of hydrogen-bond acceptors (Lipinski definition) is 2. The molecule has 1 heterocycles. The average molecular weight is 300 g/mol. The number of hydrazine groups is 1. The van der Waals surface area contributed by atoms with Crippen molar-refractivity contribution < 1.29 is 4.79 Å². The predicted octanol–water partition coefficient (Wildman–Crippen LogP) is 4.71. The highest BCUT2D eigenvalue weighted by Gasteiger charge is 2.27. The minimum Gasteiger partial charge on any atom is -0.296 e. The molecule has 0 aromatic heterocycles. The Labute approximate surface area is 134 Å². The standard InChI is InChI=1S/C19H28N2O/c1-19(2)12-10-16(11-13-19)15-6-8-17(9-7-15)20-21-14-4-3-5-18(21)22/h6-9,16,20H,3-5,10-14H2,1-2H3. The zero-order chi connectivity index (χ0) is 15.6. The highest BCUT2D eigenvalue weighted by molar-refractivity contribution is 5.78. The van der Waals surface area contributed by atoms with Crippen molar-refractivity contribution in [1.82, 2.24) is 5.01 Å². The smallest absolute Gasteiger partial charge is 0.240 e. The molecular weight excluding hydrogens is 272 g/mol. The molecule has 0 atom stereocenters. The second kappa shape index (κ2) is 6.31. The average Bonchev–Trinajstić information content (AvgIpc) is 2.51. The van der Waals surface area contributed by atoms with Crippen LogP contribution < -0.4 is 5.43 Å². The summed E-state index contributed by atoms with van der Waals surface area (Å²) in [6.07, 6.45) is 8.01. The largest absolute Gasteiger partial charge is 0.296 e. The fourth-order valence-electron chi connectivity index (χ4n) is 3.64. The normalized spacial score (nSPS) is 22.6. The Morgan fingerprint density at radius 3 is 2.41 bits per heavy atom. The number of carbonyl (C=O) groups excluding carboxylic acids is 1. The van der Waals surface area contributed by atoms with Crippen LogP contribution in [0.1, 0.15) is 70.3 Å². The second-order valence-corrected chi connectivity index (χ2v) is 7.67. The monoisotopic (exact) mass is 300 g/mol. The van der Waals surface area contributed by atoms with Gasteiger partial charge >= 0.3 is 0 Å². The Bertz CT molecular complexity index is 511. The second-order valence-electron chi connectivity index (χ2n) is 7.67. The molecule has 1 aromatic rings. The Morgan fingerprint density at radius 2 is 1.77 bits per heavy atom. The fourth-order valence-corrected chi connectivity index (χ4v) is 3.64. The first-order chi connectivity index (χ1) is 10.5. The molecule has 2 aliphatic rings. The van der Waals surface area contributed by atoms with Crippen molar-refractivity contribution in [3.8, 4) is 0 Å². The molecule has 1 amide bonds. The zero-order valence-corrected chi connectivity index (χ0v) is 13.9. The molecule has 120 valence electrons. The van der Waals surface area contributed by atoms with E-state index < -0.39 is 0 Å². The molecule has 0 unspecified atom stereocenters. The van der Waals surface area contributed by atoms with E-state index in [1.807, 2.05) is 0 Å². The zero-order valence-electron chi connectivity index (χ0n) is 13.9. The first-order valence-electron chi connectivity index (χ1n) is 8.70. The number of benzene rings is 1. The quantitative estimate of drug-likeness (QED) is 0.876. The van der Waals surface area contributed by atoms with Crippen LogP contribution >= 0.6 is 0 Å². The maximum absolute atomic E-state index is 11.8. The van der Waals surface area contributed by atoms with E-state index in [0.717, 1.165) is 25.1 Å². The van der Waals surface area contributed by atoms with E-state index in [9.17, 15) is 4.79 Å². The minimum atomic E-state index is 0.213. The van der Waals surface area contributed by atoms with Crippen molar-refractivity contribution in [2.24, 2.45) is 5.41 Å². The summed E-state index contributed by atoms with van der Waals surface area (Å²) in [5.74, 6) is 0.920. The predicted molar refractivity (Wildman–Crippen MR) is 90.6 cm³/mol. The molecule has 1 aliphatic carbocycles. The molecule has 2 fully saturated rings. The number of nitrogens with zero attached hydrogens (tertiary/aromatic N) is 1. The maximum atomic E-state index is 11.8. The Balaban J connectivity index is 1.59. The summed E-state index contributed by atoms with van der Waals surface area (Å²) in [6, 6.07) is 8.72. The van der Waals surface area contributed by atoms with Crippen LogP contribution in [-0.4, -0.2) is 17.5 Å². The first kappa shape index (κ1) is 15.4. The first-order valence-corrected chi connectivity index (χ1v) is 8.70. The van der Waals surface area contributed by atoms with Gasteiger partial charge in [0.2, 0.25) is 5.91 Å². The van der Waals surface area contributed by atoms with Gasteiger partial charge in [0.1, 0.15) is 0 Å². The van der Waals surface area contributed by atoms with Gasteiger partial charge in [-0.25, -0.2) is 0 Å². The van der Waals surface area contributed by atoms with Crippen LogP contribution in [0.15, 0.2) is 24.3 Å². The lowest BCUT2D eigenvalue weighted by Crippen LogP contribution is -2.39. The maximum Gasteiger partial charge on any atom is 0.240 e. The summed E-state index contributed by atoms with van der Waals surface area (Å²) in [5.41, 5.74) is 6.25. The van der Waals surface area contributed by atoms with E-state index in [4.69, 9.17) is 0 Å². The van der Waals surface area contributed by atoms with Gasteiger partial charge in [-0.2, -0.15) is 0 Å². The fraction of sp³-hybridized carbons (Fsp3) is 0.632. The highest BCUT2D eigenvalue weighted by Crippen LogP contribution is 2.42. The molecule has 3 rings (SSSR count). The van der Waals surface area contributed by atoms with Crippen LogP contribution in [0.5, 0.6) is 0 Å². The van der Waals surface area contributed by atoms with Gasteiger partial charge in [-0.3, -0.25) is 15.2 Å². The minimum absolute atomic E-state index is 0.213. The third-order valence-electron chi connectivity index (χ3n) is 5.31. The lowest BCUT2D eigenvalue weighted by atomic mass is 9.71. The van der Waals surface area contributed by atoms with Gasteiger partial charge in [-0.1, -0.05) is 26.0 Å². The van der Waals surface area contributed by atoms with E-state index in [2.05, 4.69) is 43.5 Å². The van der Waals surface area contributed by atoms with Gasteiger partial charge in [-0.15, -0.1) is 0 Å². The van der Waals surface area contributed by atoms with Gasteiger partial charge in [-0.05, 0) is 67.6 Å². The van der Waals surface area contributed by atoms with Crippen molar-refractivity contribution in [2.45, 2.75) is 64.7 Å². The van der Waals surface area contributed by atoms with Crippen molar-refractivity contribution in [1.29, 1.82) is 0 Å². The molecule has 1 saturated carbocycles. The molecule has 1 aliphatic heterocycles. The molecule has 0 radical (unpaired) electrons. The van der Waals surface area contributed by atoms with Gasteiger partial charge in [0.25, 0.3) is 0 Å². The van der Waals surface area contributed by atoms with Gasteiger partial charge < -0.3 is 0 Å². The number of hydrogen-bond donors (Lipinski definition) is 1. The third-order valence-corrected chi connectivity index (χ3v) is 5.31. The van der Waals surface area contributed by atoms with Crippen molar-refractivity contribution in [2.75, 3.05) is 12.0 Å². The third kappa shape index (κ3) is 3.63. The van der Waals surface area contributed by atoms with Crippen LogP contribution in [0.3, 0.4) is 0 Å². The SMILES string of the molecule is CC1(C)CCC(c2ccc(NN3CCCCC3=O)cc2)CC1. The number of rotatable bonds is 3. The number of piperidine rings is 1. The summed E-state index contributed by atoms with van der Waals surface area (Å²) < 4.78 is 0. The number of amides is 1. The molecule has 3 heteroatoms. The number of nitrogens with one attached hydrogen (secondary N) is 1. The van der Waals surface area contributed by atoms with Crippen LogP contribution in [0.4, 0.5) is 5.69 Å². The molecule has 0 bridgehead atoms. The summed E-state index contributed by atoms with van der Waals surface area (Å²) in [6.45, 7) is 5.58. The van der Waals surface area contributed by atoms with Crippen molar-refractivity contribution in [3.05, 3.63) is 29.8 Å². The lowest BCUT2D eigenvalue weighted by molar-refractivity contribution is -0.131. The van der Waals surface area contributed by atoms with Crippen molar-refractivity contribution >= 4 is 11.6 Å². The van der Waals surface area contributed by atoms with E-state index >= 15 is 0 Å². The molecule has 3 nitrogen and oxygen atoms in total. The molecule has 1 aromatic carbocycles. The molecule has 0 spiro atoms. The molecule has 22 heavy (non-hydrogen) atoms. The van der Waals surface area contributed by atoms with Crippen LogP contribution in [0.2, 0.25) is 0 Å². The molecular formula is C19H28N2O. The summed E-state index contributed by atoms with van der Waals surface area (Å²) in [5, 5.41) is 1.77. The van der Waals surface area contributed by atoms with Crippen molar-refractivity contribution in [3.63, 3.8) is 0 Å². The van der Waals surface area contributed by atoms with Crippen LogP contribution in [0.25, 0.3) is 0 Å². The Hall–Kier alpha value is -1.51. The topological polar surface area (TPSA) is 32.3 Å². The summed E-state index contributed by atoms with van der Waals surface area (Å²) >= 11 is 0. The van der Waals surface area contributed by atoms with E-state index in [1.54, 1.807) is 5.01 Å². The lowest BCUT2D eigenvalue weighted by Gasteiger charge is -2.34. The molecule has 1 N–H and O–H groups in total. The van der Waals surface area contributed by atoms with Gasteiger partial charge in [0.15, 0.2) is 0 Å². The van der Waals surface area contributed by atoms with Crippen LogP contribution in [0, 0.1) is 5.41 Å². The molecule has 1 saturated heterocycles. The highest BCUT2D eigenvalue weighted by atomic mass is 16.2. The van der Waals surface area contributed by atoms with E-state index in [-0.39, 0.29) is 5.91 Å². The van der Waals surface area contributed by atoms with Gasteiger partial charge in [0, 0.05) is 13.0 Å². The Morgan fingerprint density at radius 1 is 1.09 bits per heavy atom. The van der Waals surface area contributed by atoms with E-state index in [1.165, 1.54) is 31.2 Å². The Kier molecular flexibility index (Phi) is 4.42. The summed E-state index contributed by atoms with van der Waals surface area (Å²) in [7, 11) is 0. The number of anilines is 1. The van der Waals surface area contributed by atoms with Gasteiger partial charge in [0.05, 0.1) is 5.69 Å². The summed E-state index contributed by atoms with van der Waals surface area (Å²) in [4.78, 5) is 11.8. The van der Waals surface area contributed by atoms with Crippen LogP contribution in [-0.2, 0) is 4.79 Å². The van der Waals surface area contributed by atoms with E-state index in [0.29, 0.717) is 17.8 Å². The number of carbonyl (C=O) groups is 1.